The van der Waals surface area contributed by atoms with E-state index in [1.165, 1.54) is 21.3 Å². The minimum atomic E-state index is -0.287. The van der Waals surface area contributed by atoms with Crippen molar-refractivity contribution >= 4 is 28.9 Å². The summed E-state index contributed by atoms with van der Waals surface area (Å²) >= 11 is 6.53. The van der Waals surface area contributed by atoms with Gasteiger partial charge in [0, 0.05) is 31.7 Å². The van der Waals surface area contributed by atoms with Gasteiger partial charge in [-0.2, -0.15) is 0 Å². The smallest absolute Gasteiger partial charge is 0.255 e. The van der Waals surface area contributed by atoms with E-state index >= 15 is 0 Å². The number of amides is 1. The second kappa shape index (κ2) is 9.91. The summed E-state index contributed by atoms with van der Waals surface area (Å²) in [6.45, 7) is 6.81. The van der Waals surface area contributed by atoms with Crippen LogP contribution in [-0.4, -0.2) is 64.9 Å². The quantitative estimate of drug-likeness (QED) is 0.717. The van der Waals surface area contributed by atoms with Crippen molar-refractivity contribution in [1.82, 2.24) is 4.90 Å². The molecule has 0 spiro atoms. The zero-order valence-corrected chi connectivity index (χ0v) is 18.6. The number of nitrogens with one attached hydrogen (secondary N) is 1. The summed E-state index contributed by atoms with van der Waals surface area (Å²) < 4.78 is 16.1. The first-order chi connectivity index (χ1) is 14.5. The normalized spacial score (nSPS) is 14.4. The van der Waals surface area contributed by atoms with Crippen LogP contribution >= 0.6 is 11.6 Å². The molecule has 1 aliphatic heterocycles. The predicted molar refractivity (Wildman–Crippen MR) is 120 cm³/mol. The number of hydrogen-bond donors (Lipinski definition) is 1. The average Bonchev–Trinajstić information content (AvgIpc) is 2.78. The zero-order chi connectivity index (χ0) is 21.7. The Bertz CT molecular complexity index is 873. The van der Waals surface area contributed by atoms with Crippen molar-refractivity contribution in [3.63, 3.8) is 0 Å². The van der Waals surface area contributed by atoms with Gasteiger partial charge in [-0.1, -0.05) is 24.6 Å². The lowest BCUT2D eigenvalue weighted by atomic mass is 10.1. The lowest BCUT2D eigenvalue weighted by Gasteiger charge is -2.36. The maximum Gasteiger partial charge on any atom is 0.255 e. The van der Waals surface area contributed by atoms with Crippen LogP contribution in [0, 0.1) is 0 Å². The van der Waals surface area contributed by atoms with E-state index in [0.717, 1.165) is 38.4 Å². The highest BCUT2D eigenvalue weighted by atomic mass is 35.5. The van der Waals surface area contributed by atoms with Crippen molar-refractivity contribution in [1.29, 1.82) is 0 Å². The number of benzene rings is 2. The third-order valence-corrected chi connectivity index (χ3v) is 5.60. The van der Waals surface area contributed by atoms with Crippen LogP contribution in [0.5, 0.6) is 17.2 Å². The Balaban J connectivity index is 1.88. The highest BCUT2D eigenvalue weighted by Gasteiger charge is 2.23. The molecule has 1 N–H and O–H groups in total. The number of ether oxygens (including phenoxy) is 3. The SMILES string of the molecule is CCN1CCN(c2c(Cl)cccc2NC(=O)c2cc(OC)c(OC)c(OC)c2)CC1. The Labute approximate surface area is 182 Å². The number of para-hydroxylation sites is 1. The summed E-state index contributed by atoms with van der Waals surface area (Å²) in [4.78, 5) is 17.7. The molecule has 0 bridgehead atoms. The van der Waals surface area contributed by atoms with Gasteiger partial charge >= 0.3 is 0 Å². The third-order valence-electron chi connectivity index (χ3n) is 5.30. The van der Waals surface area contributed by atoms with Gasteiger partial charge in [-0.05, 0) is 30.8 Å². The summed E-state index contributed by atoms with van der Waals surface area (Å²) in [7, 11) is 4.56. The Kier molecular flexibility index (Phi) is 7.29. The molecule has 0 atom stereocenters. The van der Waals surface area contributed by atoms with Gasteiger partial charge in [0.2, 0.25) is 5.75 Å². The van der Waals surface area contributed by atoms with Gasteiger partial charge in [-0.25, -0.2) is 0 Å². The number of carbonyl (C=O) groups is 1. The standard InChI is InChI=1S/C22H28ClN3O4/c1-5-25-9-11-26(12-10-25)20-16(23)7-6-8-17(20)24-22(27)15-13-18(28-2)21(30-4)19(14-15)29-3/h6-8,13-14H,5,9-12H2,1-4H3,(H,24,27). The lowest BCUT2D eigenvalue weighted by Crippen LogP contribution is -2.46. The fraction of sp³-hybridized carbons (Fsp3) is 0.409. The van der Waals surface area contributed by atoms with Crippen LogP contribution in [0.1, 0.15) is 17.3 Å². The minimum absolute atomic E-state index is 0.287. The van der Waals surface area contributed by atoms with Gasteiger partial charge in [0.15, 0.2) is 11.5 Å². The molecule has 0 aromatic heterocycles. The minimum Gasteiger partial charge on any atom is -0.493 e. The second-order valence-corrected chi connectivity index (χ2v) is 7.33. The Morgan fingerprint density at radius 1 is 1.03 bits per heavy atom. The van der Waals surface area contributed by atoms with Crippen LogP contribution < -0.4 is 24.4 Å². The molecule has 30 heavy (non-hydrogen) atoms. The van der Waals surface area contributed by atoms with Gasteiger partial charge < -0.3 is 29.3 Å². The van der Waals surface area contributed by atoms with E-state index in [-0.39, 0.29) is 5.91 Å². The van der Waals surface area contributed by atoms with Crippen molar-refractivity contribution in [2.24, 2.45) is 0 Å². The Hall–Kier alpha value is -2.64. The number of rotatable bonds is 7. The number of methoxy groups -OCH3 is 3. The Morgan fingerprint density at radius 3 is 2.20 bits per heavy atom. The highest BCUT2D eigenvalue weighted by Crippen LogP contribution is 2.39. The predicted octanol–water partition coefficient (Wildman–Crippen LogP) is 3.76. The molecule has 1 heterocycles. The number of likely N-dealkylation sites (N-methyl/N-ethyl adjacent to an activating group) is 1. The van der Waals surface area contributed by atoms with Gasteiger partial charge in [-0.15, -0.1) is 0 Å². The first kappa shape index (κ1) is 22.1. The zero-order valence-electron chi connectivity index (χ0n) is 17.8. The summed E-state index contributed by atoms with van der Waals surface area (Å²) in [5.41, 5.74) is 1.91. The van der Waals surface area contributed by atoms with E-state index in [2.05, 4.69) is 22.0 Å². The van der Waals surface area contributed by atoms with Gasteiger partial charge in [0.05, 0.1) is 37.7 Å². The van der Waals surface area contributed by atoms with Crippen LogP contribution in [0.25, 0.3) is 0 Å². The molecule has 8 heteroatoms. The molecule has 3 rings (SSSR count). The van der Waals surface area contributed by atoms with Crippen LogP contribution in [0.2, 0.25) is 5.02 Å². The Morgan fingerprint density at radius 2 is 1.67 bits per heavy atom. The third kappa shape index (κ3) is 4.57. The molecule has 1 amide bonds. The van der Waals surface area contributed by atoms with Crippen molar-refractivity contribution < 1.29 is 19.0 Å². The number of anilines is 2. The molecule has 1 fully saturated rings. The number of nitrogens with zero attached hydrogens (tertiary/aromatic N) is 2. The molecular weight excluding hydrogens is 406 g/mol. The maximum absolute atomic E-state index is 13.1. The molecule has 0 radical (unpaired) electrons. The summed E-state index contributed by atoms with van der Waals surface area (Å²) in [5.74, 6) is 0.992. The largest absolute Gasteiger partial charge is 0.493 e. The molecule has 162 valence electrons. The van der Waals surface area contributed by atoms with E-state index in [0.29, 0.717) is 33.5 Å². The molecule has 0 saturated carbocycles. The van der Waals surface area contributed by atoms with Crippen molar-refractivity contribution in [3.8, 4) is 17.2 Å². The first-order valence-electron chi connectivity index (χ1n) is 9.89. The topological polar surface area (TPSA) is 63.3 Å². The van der Waals surface area contributed by atoms with Gasteiger partial charge in [0.25, 0.3) is 5.91 Å². The number of hydrogen-bond acceptors (Lipinski definition) is 6. The summed E-state index contributed by atoms with van der Waals surface area (Å²) in [6.07, 6.45) is 0. The molecule has 0 unspecified atom stereocenters. The monoisotopic (exact) mass is 433 g/mol. The first-order valence-corrected chi connectivity index (χ1v) is 10.3. The second-order valence-electron chi connectivity index (χ2n) is 6.93. The molecule has 2 aromatic rings. The highest BCUT2D eigenvalue weighted by molar-refractivity contribution is 6.34. The fourth-order valence-corrected chi connectivity index (χ4v) is 3.93. The van der Waals surface area contributed by atoms with E-state index in [4.69, 9.17) is 25.8 Å². The number of halogens is 1. The molecule has 2 aromatic carbocycles. The number of carbonyl (C=O) groups excluding carboxylic acids is 1. The van der Waals surface area contributed by atoms with Crippen LogP contribution in [-0.2, 0) is 0 Å². The van der Waals surface area contributed by atoms with Crippen molar-refractivity contribution in [3.05, 3.63) is 40.9 Å². The summed E-state index contributed by atoms with van der Waals surface area (Å²) in [5, 5.41) is 3.61. The maximum atomic E-state index is 13.1. The molecule has 1 saturated heterocycles. The van der Waals surface area contributed by atoms with Crippen molar-refractivity contribution in [2.75, 3.05) is 64.3 Å². The lowest BCUT2D eigenvalue weighted by molar-refractivity contribution is 0.102. The molecular formula is C22H28ClN3O4. The fourth-order valence-electron chi connectivity index (χ4n) is 3.63. The van der Waals surface area contributed by atoms with E-state index < -0.39 is 0 Å². The molecule has 1 aliphatic rings. The van der Waals surface area contributed by atoms with Crippen LogP contribution in [0.3, 0.4) is 0 Å². The van der Waals surface area contributed by atoms with Crippen molar-refractivity contribution in [2.45, 2.75) is 6.92 Å². The molecule has 0 aliphatic carbocycles. The molecule has 7 nitrogen and oxygen atoms in total. The van der Waals surface area contributed by atoms with E-state index in [9.17, 15) is 4.79 Å². The summed E-state index contributed by atoms with van der Waals surface area (Å²) in [6, 6.07) is 8.79. The van der Waals surface area contributed by atoms with Gasteiger partial charge in [0.1, 0.15) is 0 Å². The van der Waals surface area contributed by atoms with Crippen LogP contribution in [0.4, 0.5) is 11.4 Å². The number of piperazine rings is 1. The van der Waals surface area contributed by atoms with Crippen LogP contribution in [0.15, 0.2) is 30.3 Å². The average molecular weight is 434 g/mol. The van der Waals surface area contributed by atoms with E-state index in [1.807, 2.05) is 18.2 Å². The van der Waals surface area contributed by atoms with E-state index in [1.54, 1.807) is 12.1 Å². The van der Waals surface area contributed by atoms with Gasteiger partial charge in [-0.3, -0.25) is 4.79 Å².